The fraction of sp³-hybridized carbons (Fsp3) is 0.0816. The molecule has 0 radical (unpaired) electrons. The molecule has 0 atom stereocenters. The molecule has 3 nitrogen and oxygen atoms in total. The topological polar surface area (TPSA) is 29.3 Å². The third-order valence-electron chi connectivity index (χ3n) is 9.60. The highest BCUT2D eigenvalue weighted by atomic mass is 32.1. The van der Waals surface area contributed by atoms with E-state index in [9.17, 15) is 0 Å². The first-order chi connectivity index (χ1) is 26.1. The van der Waals surface area contributed by atoms with Crippen LogP contribution in [-0.2, 0) is 6.42 Å². The molecule has 8 rings (SSSR count). The Bertz CT molecular complexity index is 2540. The minimum Gasteiger partial charge on any atom is -0.456 e. The van der Waals surface area contributed by atoms with E-state index in [0.29, 0.717) is 0 Å². The monoisotopic (exact) mass is 704 g/mol. The van der Waals surface area contributed by atoms with E-state index in [4.69, 9.17) is 9.40 Å². The number of nitrogens with zero attached hydrogens (tertiary/aromatic N) is 2. The lowest BCUT2D eigenvalue weighted by Crippen LogP contribution is -2.15. The molecule has 0 bridgehead atoms. The van der Waals surface area contributed by atoms with Gasteiger partial charge in [0.1, 0.15) is 11.3 Å². The summed E-state index contributed by atoms with van der Waals surface area (Å²) < 4.78 is 7.41. The third-order valence-corrected chi connectivity index (χ3v) is 10.7. The number of allylic oxidation sites excluding steroid dienone is 4. The van der Waals surface area contributed by atoms with Gasteiger partial charge >= 0.3 is 0 Å². The van der Waals surface area contributed by atoms with Crippen molar-refractivity contribution in [3.8, 4) is 33.6 Å². The van der Waals surface area contributed by atoms with Gasteiger partial charge in [-0.3, -0.25) is 0 Å². The van der Waals surface area contributed by atoms with Crippen molar-refractivity contribution in [2.75, 3.05) is 4.90 Å². The summed E-state index contributed by atoms with van der Waals surface area (Å²) in [5.74, 6) is 0.863. The highest BCUT2D eigenvalue weighted by Crippen LogP contribution is 2.36. The van der Waals surface area contributed by atoms with Gasteiger partial charge in [0.2, 0.25) is 0 Å². The van der Waals surface area contributed by atoms with E-state index in [1.54, 1.807) is 11.3 Å². The second-order valence-electron chi connectivity index (χ2n) is 13.1. The number of anilines is 2. The summed E-state index contributed by atoms with van der Waals surface area (Å²) in [7, 11) is 0. The van der Waals surface area contributed by atoms with Crippen LogP contribution in [0.25, 0.3) is 60.8 Å². The van der Waals surface area contributed by atoms with Gasteiger partial charge in [0.05, 0.1) is 15.2 Å². The van der Waals surface area contributed by atoms with Crippen LogP contribution in [0.5, 0.6) is 0 Å². The molecule has 0 aliphatic rings. The van der Waals surface area contributed by atoms with Crippen molar-refractivity contribution in [1.29, 1.82) is 0 Å². The van der Waals surface area contributed by atoms with Gasteiger partial charge < -0.3 is 9.32 Å². The van der Waals surface area contributed by atoms with E-state index in [0.717, 1.165) is 56.3 Å². The maximum Gasteiger partial charge on any atom is 0.135 e. The molecule has 0 amide bonds. The molecule has 6 aromatic carbocycles. The van der Waals surface area contributed by atoms with Crippen LogP contribution >= 0.6 is 11.3 Å². The highest BCUT2D eigenvalue weighted by Gasteiger charge is 2.15. The lowest BCUT2D eigenvalue weighted by Gasteiger charge is -2.27. The minimum absolute atomic E-state index is 0.768. The van der Waals surface area contributed by atoms with Crippen LogP contribution in [0.4, 0.5) is 11.4 Å². The van der Waals surface area contributed by atoms with Gasteiger partial charge in [-0.1, -0.05) is 109 Å². The zero-order chi connectivity index (χ0) is 36.1. The number of thiazole rings is 1. The van der Waals surface area contributed by atoms with Crippen LogP contribution in [0.15, 0.2) is 180 Å². The van der Waals surface area contributed by atoms with Gasteiger partial charge in [-0.15, -0.1) is 11.3 Å². The molecule has 0 saturated heterocycles. The van der Waals surface area contributed by atoms with Gasteiger partial charge in [-0.2, -0.15) is 0 Å². The van der Waals surface area contributed by atoms with Gasteiger partial charge in [0, 0.05) is 34.4 Å². The van der Waals surface area contributed by atoms with Gasteiger partial charge in [-0.05, 0) is 121 Å². The van der Waals surface area contributed by atoms with Crippen molar-refractivity contribution in [3.63, 3.8) is 0 Å². The van der Waals surface area contributed by atoms with Crippen LogP contribution < -0.4 is 4.90 Å². The SMILES string of the molecule is C/C=C\c1ccc(-c2ccc(-c3ccc(N(C(/C=C\Cc4nc5ccccc5s4)=C/C)c4ccc(-c5cc6ccccc6o5)cc4)cc3)cc2)cc1C. The molecule has 0 fully saturated rings. The van der Waals surface area contributed by atoms with Crippen molar-refractivity contribution >= 4 is 50.0 Å². The summed E-state index contributed by atoms with van der Waals surface area (Å²) in [6, 6.07) is 51.6. The average Bonchev–Trinajstić information content (AvgIpc) is 3.83. The van der Waals surface area contributed by atoms with Gasteiger partial charge in [0.25, 0.3) is 0 Å². The van der Waals surface area contributed by atoms with Crippen molar-refractivity contribution in [1.82, 2.24) is 4.98 Å². The van der Waals surface area contributed by atoms with Crippen LogP contribution in [0.3, 0.4) is 0 Å². The first-order valence-corrected chi connectivity index (χ1v) is 18.9. The Morgan fingerprint density at radius 1 is 0.679 bits per heavy atom. The van der Waals surface area contributed by atoms with Crippen LogP contribution in [0.1, 0.15) is 30.0 Å². The van der Waals surface area contributed by atoms with E-state index >= 15 is 0 Å². The lowest BCUT2D eigenvalue weighted by molar-refractivity contribution is 0.631. The molecule has 258 valence electrons. The number of hydrogen-bond acceptors (Lipinski definition) is 4. The second kappa shape index (κ2) is 15.2. The van der Waals surface area contributed by atoms with Crippen molar-refractivity contribution in [3.05, 3.63) is 192 Å². The van der Waals surface area contributed by atoms with Crippen LogP contribution in [0, 0.1) is 6.92 Å². The third kappa shape index (κ3) is 7.28. The maximum atomic E-state index is 6.19. The largest absolute Gasteiger partial charge is 0.456 e. The summed E-state index contributed by atoms with van der Waals surface area (Å²) >= 11 is 1.75. The Hall–Kier alpha value is -6.23. The molecule has 0 N–H and O–H groups in total. The predicted molar refractivity (Wildman–Crippen MR) is 227 cm³/mol. The number of aryl methyl sites for hydroxylation is 1. The minimum atomic E-state index is 0.768. The normalized spacial score (nSPS) is 12.1. The standard InChI is InChI=1S/C49H40N2OS/c1-4-11-35-18-23-40(32-34(35)3)38-21-19-36(20-22-38)37-24-28-43(29-25-37)51(42(5-2)13-10-17-49-50-45-14-7-9-16-48(45)53-49)44-30-26-39(27-31-44)47-33-41-12-6-8-15-46(41)52-47/h4-16,18-33H,17H2,1-3H3/b11-4-,13-10-,42-5+. The summed E-state index contributed by atoms with van der Waals surface area (Å²) in [6.45, 7) is 6.32. The number of benzene rings is 6. The molecule has 4 heteroatoms. The number of fused-ring (bicyclic) bond motifs is 2. The summed E-state index contributed by atoms with van der Waals surface area (Å²) in [5.41, 5.74) is 13.6. The molecule has 0 unspecified atom stereocenters. The average molecular weight is 705 g/mol. The number of aromatic nitrogens is 1. The zero-order valence-electron chi connectivity index (χ0n) is 30.2. The molecule has 0 spiro atoms. The molecule has 8 aromatic rings. The Balaban J connectivity index is 1.08. The predicted octanol–water partition coefficient (Wildman–Crippen LogP) is 14.2. The smallest absolute Gasteiger partial charge is 0.135 e. The molecule has 53 heavy (non-hydrogen) atoms. The summed E-state index contributed by atoms with van der Waals surface area (Å²) in [6.07, 6.45) is 11.6. The first-order valence-electron chi connectivity index (χ1n) is 18.1. The van der Waals surface area contributed by atoms with E-state index in [1.807, 2.05) is 24.3 Å². The van der Waals surface area contributed by atoms with Crippen molar-refractivity contribution in [2.24, 2.45) is 0 Å². The quantitative estimate of drug-likeness (QED) is 0.133. The Morgan fingerprint density at radius 2 is 1.30 bits per heavy atom. The first kappa shape index (κ1) is 33.9. The summed E-state index contributed by atoms with van der Waals surface area (Å²) in [4.78, 5) is 7.16. The highest BCUT2D eigenvalue weighted by molar-refractivity contribution is 7.18. The summed E-state index contributed by atoms with van der Waals surface area (Å²) in [5, 5.41) is 2.21. The van der Waals surface area contributed by atoms with Crippen molar-refractivity contribution < 1.29 is 4.42 Å². The number of hydrogen-bond donors (Lipinski definition) is 0. The molecular weight excluding hydrogens is 665 g/mol. The fourth-order valence-corrected chi connectivity index (χ4v) is 7.76. The second-order valence-corrected chi connectivity index (χ2v) is 14.2. The molecular formula is C49H40N2OS. The van der Waals surface area contributed by atoms with E-state index in [1.165, 1.54) is 38.1 Å². The number of rotatable bonds is 10. The Labute approximate surface area is 315 Å². The molecule has 2 heterocycles. The molecule has 0 aliphatic carbocycles. The fourth-order valence-electron chi connectivity index (χ4n) is 6.81. The van der Waals surface area contributed by atoms with E-state index < -0.39 is 0 Å². The molecule has 2 aromatic heterocycles. The van der Waals surface area contributed by atoms with Crippen LogP contribution in [-0.4, -0.2) is 4.98 Å². The maximum absolute atomic E-state index is 6.19. The Morgan fingerprint density at radius 3 is 1.96 bits per heavy atom. The molecule has 0 saturated carbocycles. The van der Waals surface area contributed by atoms with E-state index in [2.05, 4.69) is 177 Å². The lowest BCUT2D eigenvalue weighted by atomic mass is 9.97. The molecule has 0 aliphatic heterocycles. The Kier molecular flexibility index (Phi) is 9.70. The van der Waals surface area contributed by atoms with Gasteiger partial charge in [-0.25, -0.2) is 4.98 Å². The number of para-hydroxylation sites is 2. The van der Waals surface area contributed by atoms with Crippen LogP contribution in [0.2, 0.25) is 0 Å². The van der Waals surface area contributed by atoms with E-state index in [-0.39, 0.29) is 0 Å². The number of furan rings is 1. The van der Waals surface area contributed by atoms with Crippen molar-refractivity contribution in [2.45, 2.75) is 27.2 Å². The zero-order valence-corrected chi connectivity index (χ0v) is 31.0. The van der Waals surface area contributed by atoms with Gasteiger partial charge in [0.15, 0.2) is 0 Å².